The molecule has 1 unspecified atom stereocenters. The van der Waals surface area contributed by atoms with Gasteiger partial charge in [-0.1, -0.05) is 0 Å². The first-order chi connectivity index (χ1) is 11.8. The molecule has 1 atom stereocenters. The lowest BCUT2D eigenvalue weighted by molar-refractivity contribution is 0.0424. The predicted octanol–water partition coefficient (Wildman–Crippen LogP) is 2.30. The number of nitrogens with one attached hydrogen (secondary N) is 2. The minimum absolute atomic E-state index is 0. The lowest BCUT2D eigenvalue weighted by Crippen LogP contribution is -2.38. The van der Waals surface area contributed by atoms with Crippen LogP contribution in [0, 0.1) is 6.92 Å². The Bertz CT molecular complexity index is 508. The maximum atomic E-state index is 5.76. The van der Waals surface area contributed by atoms with Gasteiger partial charge in [-0.3, -0.25) is 9.98 Å². The number of halogens is 1. The number of pyridine rings is 1. The molecule has 7 heteroatoms. The van der Waals surface area contributed by atoms with Crippen LogP contribution in [0.15, 0.2) is 23.5 Å². The Morgan fingerprint density at radius 2 is 2.32 bits per heavy atom. The third-order valence-electron chi connectivity index (χ3n) is 3.98. The Morgan fingerprint density at radius 3 is 3.04 bits per heavy atom. The molecule has 0 bridgehead atoms. The van der Waals surface area contributed by atoms with Crippen LogP contribution in [0.5, 0.6) is 0 Å². The molecule has 2 rings (SSSR count). The molecule has 1 aliphatic heterocycles. The number of ether oxygens (including phenoxy) is 2. The van der Waals surface area contributed by atoms with E-state index in [1.165, 1.54) is 11.1 Å². The van der Waals surface area contributed by atoms with Gasteiger partial charge in [0.2, 0.25) is 0 Å². The summed E-state index contributed by atoms with van der Waals surface area (Å²) >= 11 is 0. The second-order valence-electron chi connectivity index (χ2n) is 5.95. The van der Waals surface area contributed by atoms with Crippen molar-refractivity contribution >= 4 is 29.9 Å². The number of nitrogens with zero attached hydrogens (tertiary/aromatic N) is 2. The zero-order chi connectivity index (χ0) is 17.0. The SMILES string of the molecule is CCNC(=NCCCOC1CCOC1)NCCc1ccncc1C.I. The summed E-state index contributed by atoms with van der Waals surface area (Å²) in [6, 6.07) is 2.07. The molecule has 25 heavy (non-hydrogen) atoms. The summed E-state index contributed by atoms with van der Waals surface area (Å²) in [5.74, 6) is 0.869. The third-order valence-corrected chi connectivity index (χ3v) is 3.98. The van der Waals surface area contributed by atoms with E-state index in [0.29, 0.717) is 0 Å². The summed E-state index contributed by atoms with van der Waals surface area (Å²) in [5, 5.41) is 6.67. The van der Waals surface area contributed by atoms with Gasteiger partial charge in [0.05, 0.1) is 12.7 Å². The van der Waals surface area contributed by atoms with Gasteiger partial charge in [0.25, 0.3) is 0 Å². The van der Waals surface area contributed by atoms with Crippen LogP contribution in [0.3, 0.4) is 0 Å². The largest absolute Gasteiger partial charge is 0.379 e. The van der Waals surface area contributed by atoms with Crippen LogP contribution in [0.1, 0.15) is 30.9 Å². The predicted molar refractivity (Wildman–Crippen MR) is 112 cm³/mol. The quantitative estimate of drug-likeness (QED) is 0.255. The molecule has 0 aromatic carbocycles. The van der Waals surface area contributed by atoms with Crippen LogP contribution >= 0.6 is 24.0 Å². The van der Waals surface area contributed by atoms with Crippen molar-refractivity contribution in [2.24, 2.45) is 4.99 Å². The molecule has 0 aliphatic carbocycles. The van der Waals surface area contributed by atoms with Crippen molar-refractivity contribution in [3.8, 4) is 0 Å². The number of guanidine groups is 1. The van der Waals surface area contributed by atoms with Crippen LogP contribution < -0.4 is 10.6 Å². The topological polar surface area (TPSA) is 67.8 Å². The van der Waals surface area contributed by atoms with E-state index < -0.39 is 0 Å². The van der Waals surface area contributed by atoms with E-state index in [4.69, 9.17) is 9.47 Å². The van der Waals surface area contributed by atoms with Gasteiger partial charge >= 0.3 is 0 Å². The summed E-state index contributed by atoms with van der Waals surface area (Å²) < 4.78 is 11.1. The molecule has 0 saturated carbocycles. The van der Waals surface area contributed by atoms with Gasteiger partial charge in [0, 0.05) is 45.2 Å². The molecule has 0 spiro atoms. The minimum Gasteiger partial charge on any atom is -0.379 e. The van der Waals surface area contributed by atoms with Crippen LogP contribution in [-0.4, -0.2) is 56.5 Å². The lowest BCUT2D eigenvalue weighted by Gasteiger charge is -2.12. The summed E-state index contributed by atoms with van der Waals surface area (Å²) in [6.07, 6.45) is 6.94. The van der Waals surface area contributed by atoms with Crippen LogP contribution in [0.4, 0.5) is 0 Å². The van der Waals surface area contributed by atoms with E-state index in [0.717, 1.165) is 64.7 Å². The van der Waals surface area contributed by atoms with E-state index in [9.17, 15) is 0 Å². The number of hydrogen-bond donors (Lipinski definition) is 2. The normalized spacial score (nSPS) is 17.2. The Balaban J connectivity index is 0.00000312. The molecular formula is C18H31IN4O2. The zero-order valence-corrected chi connectivity index (χ0v) is 17.6. The van der Waals surface area contributed by atoms with Gasteiger partial charge in [-0.05, 0) is 50.3 Å². The van der Waals surface area contributed by atoms with Crippen molar-refractivity contribution < 1.29 is 9.47 Å². The van der Waals surface area contributed by atoms with Crippen LogP contribution in [-0.2, 0) is 15.9 Å². The Hall–Kier alpha value is -0.930. The number of aromatic nitrogens is 1. The standard InChI is InChI=1S/C18H30N4O2.HI/c1-3-20-18(21-8-4-11-24-17-7-12-23-14-17)22-10-6-16-5-9-19-13-15(16)2;/h5,9,13,17H,3-4,6-8,10-12,14H2,1-2H3,(H2,20,21,22);1H. The van der Waals surface area contributed by atoms with E-state index >= 15 is 0 Å². The average molecular weight is 462 g/mol. The maximum absolute atomic E-state index is 5.76. The Kier molecular flexibility index (Phi) is 11.8. The van der Waals surface area contributed by atoms with Gasteiger partial charge in [0.15, 0.2) is 5.96 Å². The average Bonchev–Trinajstić information content (AvgIpc) is 3.09. The highest BCUT2D eigenvalue weighted by molar-refractivity contribution is 14.0. The molecule has 1 aromatic rings. The molecule has 2 heterocycles. The highest BCUT2D eigenvalue weighted by Gasteiger charge is 2.15. The smallest absolute Gasteiger partial charge is 0.191 e. The van der Waals surface area contributed by atoms with E-state index in [2.05, 4.69) is 40.5 Å². The van der Waals surface area contributed by atoms with Crippen molar-refractivity contribution in [3.05, 3.63) is 29.6 Å². The van der Waals surface area contributed by atoms with Gasteiger partial charge in [-0.2, -0.15) is 0 Å². The van der Waals surface area contributed by atoms with Crippen LogP contribution in [0.2, 0.25) is 0 Å². The van der Waals surface area contributed by atoms with Gasteiger partial charge in [-0.25, -0.2) is 0 Å². The van der Waals surface area contributed by atoms with Gasteiger partial charge < -0.3 is 20.1 Å². The maximum Gasteiger partial charge on any atom is 0.191 e. The molecule has 1 aromatic heterocycles. The second-order valence-corrected chi connectivity index (χ2v) is 5.95. The fourth-order valence-corrected chi connectivity index (χ4v) is 2.59. The molecule has 0 amide bonds. The fraction of sp³-hybridized carbons (Fsp3) is 0.667. The molecule has 1 saturated heterocycles. The van der Waals surface area contributed by atoms with Crippen LogP contribution in [0.25, 0.3) is 0 Å². The Labute approximate surface area is 168 Å². The first-order valence-electron chi connectivity index (χ1n) is 8.90. The summed E-state index contributed by atoms with van der Waals surface area (Å²) in [7, 11) is 0. The molecule has 2 N–H and O–H groups in total. The van der Waals surface area contributed by atoms with Crippen molar-refractivity contribution in [2.45, 2.75) is 39.2 Å². The van der Waals surface area contributed by atoms with Gasteiger partial charge in [-0.15, -0.1) is 24.0 Å². The number of aliphatic imine (C=N–C) groups is 1. The molecule has 0 radical (unpaired) electrons. The third kappa shape index (κ3) is 8.82. The van der Waals surface area contributed by atoms with Crippen molar-refractivity contribution in [1.29, 1.82) is 0 Å². The van der Waals surface area contributed by atoms with E-state index in [-0.39, 0.29) is 30.1 Å². The molecule has 142 valence electrons. The summed E-state index contributed by atoms with van der Waals surface area (Å²) in [6.45, 7) is 8.95. The van der Waals surface area contributed by atoms with Crippen molar-refractivity contribution in [1.82, 2.24) is 15.6 Å². The molecule has 1 aliphatic rings. The van der Waals surface area contributed by atoms with Crippen molar-refractivity contribution in [3.63, 3.8) is 0 Å². The number of rotatable bonds is 9. The summed E-state index contributed by atoms with van der Waals surface area (Å²) in [4.78, 5) is 8.73. The number of hydrogen-bond acceptors (Lipinski definition) is 4. The molecule has 6 nitrogen and oxygen atoms in total. The fourth-order valence-electron chi connectivity index (χ4n) is 2.59. The lowest BCUT2D eigenvalue weighted by atomic mass is 10.1. The number of aryl methyl sites for hydroxylation is 1. The summed E-state index contributed by atoms with van der Waals surface area (Å²) in [5.41, 5.74) is 2.55. The molecular weight excluding hydrogens is 431 g/mol. The highest BCUT2D eigenvalue weighted by Crippen LogP contribution is 2.08. The zero-order valence-electron chi connectivity index (χ0n) is 15.3. The van der Waals surface area contributed by atoms with E-state index in [1.54, 1.807) is 0 Å². The Morgan fingerprint density at radius 1 is 1.44 bits per heavy atom. The minimum atomic E-state index is 0. The first kappa shape index (κ1) is 22.1. The first-order valence-corrected chi connectivity index (χ1v) is 8.90. The van der Waals surface area contributed by atoms with E-state index in [1.807, 2.05) is 12.4 Å². The monoisotopic (exact) mass is 462 g/mol. The van der Waals surface area contributed by atoms with Crippen molar-refractivity contribution in [2.75, 3.05) is 39.5 Å². The second kappa shape index (κ2) is 13.3. The molecule has 1 fully saturated rings. The van der Waals surface area contributed by atoms with Gasteiger partial charge in [0.1, 0.15) is 0 Å². The highest BCUT2D eigenvalue weighted by atomic mass is 127.